The molecule has 0 aliphatic rings. The highest BCUT2D eigenvalue weighted by molar-refractivity contribution is 14.1. The van der Waals surface area contributed by atoms with E-state index in [1.54, 1.807) is 36.5 Å². The first kappa shape index (κ1) is 22.5. The Morgan fingerprint density at radius 1 is 1.06 bits per heavy atom. The van der Waals surface area contributed by atoms with Crippen LogP contribution in [0.1, 0.15) is 11.1 Å². The molecule has 0 atom stereocenters. The number of sulfonamides is 1. The number of halogens is 2. The molecule has 0 unspecified atom stereocenters. The van der Waals surface area contributed by atoms with Gasteiger partial charge in [-0.1, -0.05) is 42.0 Å². The lowest BCUT2D eigenvalue weighted by atomic mass is 10.1. The Kier molecular flexibility index (Phi) is 6.39. The van der Waals surface area contributed by atoms with Gasteiger partial charge in [0.2, 0.25) is 0 Å². The molecule has 1 heterocycles. The van der Waals surface area contributed by atoms with Gasteiger partial charge in [-0.3, -0.25) is 0 Å². The fraction of sp³-hybridized carbons (Fsp3) is 0.120. The molecule has 32 heavy (non-hydrogen) atoms. The van der Waals surface area contributed by atoms with E-state index in [1.165, 1.54) is 18.2 Å². The van der Waals surface area contributed by atoms with Crippen molar-refractivity contribution in [1.82, 2.24) is 4.57 Å². The molecule has 0 saturated carbocycles. The Labute approximate surface area is 201 Å². The van der Waals surface area contributed by atoms with Gasteiger partial charge in [0, 0.05) is 40.3 Å². The van der Waals surface area contributed by atoms with E-state index in [4.69, 9.17) is 0 Å². The van der Waals surface area contributed by atoms with E-state index in [-0.39, 0.29) is 10.6 Å². The van der Waals surface area contributed by atoms with Gasteiger partial charge in [0.1, 0.15) is 5.82 Å². The summed E-state index contributed by atoms with van der Waals surface area (Å²) in [5.74, 6) is -0.496. The van der Waals surface area contributed by atoms with Gasteiger partial charge in [-0.2, -0.15) is 0 Å². The Hall–Kier alpha value is -2.65. The zero-order valence-corrected chi connectivity index (χ0v) is 20.6. The number of hydrogen-bond acceptors (Lipinski definition) is 2. The van der Waals surface area contributed by atoms with Crippen molar-refractivity contribution in [3.8, 4) is 0 Å². The minimum Gasteiger partial charge on any atom is -0.350 e. The van der Waals surface area contributed by atoms with Crippen LogP contribution in [0.25, 0.3) is 10.9 Å². The smallest absolute Gasteiger partial charge is 0.268 e. The highest BCUT2D eigenvalue weighted by Crippen LogP contribution is 2.29. The summed E-state index contributed by atoms with van der Waals surface area (Å²) in [5.41, 5.74) is 3.41. The molecule has 0 fully saturated rings. The van der Waals surface area contributed by atoms with Crippen LogP contribution >= 0.6 is 22.6 Å². The molecule has 0 bridgehead atoms. The van der Waals surface area contributed by atoms with Crippen molar-refractivity contribution in [2.75, 3.05) is 4.31 Å². The van der Waals surface area contributed by atoms with Gasteiger partial charge in [0.05, 0.1) is 10.6 Å². The Morgan fingerprint density at radius 2 is 1.78 bits per heavy atom. The number of benzene rings is 3. The van der Waals surface area contributed by atoms with Gasteiger partial charge in [-0.15, -0.1) is 0 Å². The van der Waals surface area contributed by atoms with Gasteiger partial charge in [0.25, 0.3) is 10.0 Å². The van der Waals surface area contributed by atoms with Crippen LogP contribution in [0.4, 0.5) is 10.1 Å². The Bertz CT molecular complexity index is 1410. The van der Waals surface area contributed by atoms with Crippen molar-refractivity contribution < 1.29 is 12.8 Å². The number of aromatic nitrogens is 1. The first-order valence-corrected chi connectivity index (χ1v) is 12.5. The molecule has 1 aromatic heterocycles. The minimum atomic E-state index is -3.93. The predicted octanol–water partition coefficient (Wildman–Crippen LogP) is 6.34. The minimum absolute atomic E-state index is 0.151. The van der Waals surface area contributed by atoms with E-state index in [0.29, 0.717) is 6.42 Å². The Balaban J connectivity index is 1.77. The van der Waals surface area contributed by atoms with Crippen molar-refractivity contribution in [3.63, 3.8) is 0 Å². The molecule has 164 valence electrons. The molecule has 0 spiro atoms. The second kappa shape index (κ2) is 9.07. The molecule has 3 aromatic carbocycles. The highest BCUT2D eigenvalue weighted by atomic mass is 127. The van der Waals surface area contributed by atoms with E-state index < -0.39 is 15.8 Å². The molecule has 0 aliphatic heterocycles. The average molecular weight is 560 g/mol. The predicted molar refractivity (Wildman–Crippen MR) is 136 cm³/mol. The summed E-state index contributed by atoms with van der Waals surface area (Å²) in [6, 6.07) is 20.4. The molecule has 4 aromatic rings. The second-order valence-electron chi connectivity index (χ2n) is 7.63. The molecule has 4 rings (SSSR count). The van der Waals surface area contributed by atoms with E-state index in [0.717, 1.165) is 29.9 Å². The number of anilines is 1. The van der Waals surface area contributed by atoms with Gasteiger partial charge in [-0.25, -0.2) is 17.1 Å². The third kappa shape index (κ3) is 4.59. The number of hydrogen-bond donors (Lipinski definition) is 0. The Morgan fingerprint density at radius 3 is 2.50 bits per heavy atom. The molecule has 7 heteroatoms. The topological polar surface area (TPSA) is 42.3 Å². The van der Waals surface area contributed by atoms with Crippen LogP contribution in [-0.4, -0.2) is 13.0 Å². The third-order valence-corrected chi connectivity index (χ3v) is 7.60. The van der Waals surface area contributed by atoms with Crippen LogP contribution in [0.5, 0.6) is 0 Å². The standard InChI is InChI=1S/C25H22FIN2O2S/c1-18-10-12-23(13-11-18)32(30,31)29(22-7-5-6-20(26)15-22)17-21(27)14-19-16-28(2)25-9-4-3-8-24(19)25/h3-13,15-17H,14H2,1-2H3/b21-17-. The second-order valence-corrected chi connectivity index (χ2v) is 10.8. The van der Waals surface area contributed by atoms with Gasteiger partial charge in [0.15, 0.2) is 0 Å². The van der Waals surface area contributed by atoms with Crippen LogP contribution in [0.3, 0.4) is 0 Å². The number of rotatable bonds is 6. The first-order valence-electron chi connectivity index (χ1n) is 10.0. The van der Waals surface area contributed by atoms with Crippen molar-refractivity contribution in [2.24, 2.45) is 7.05 Å². The quantitative estimate of drug-likeness (QED) is 0.259. The highest BCUT2D eigenvalue weighted by Gasteiger charge is 2.24. The van der Waals surface area contributed by atoms with Gasteiger partial charge >= 0.3 is 0 Å². The summed E-state index contributed by atoms with van der Waals surface area (Å²) in [4.78, 5) is 0.151. The zero-order chi connectivity index (χ0) is 22.9. The van der Waals surface area contributed by atoms with E-state index >= 15 is 0 Å². The summed E-state index contributed by atoms with van der Waals surface area (Å²) in [6.07, 6.45) is 4.18. The molecule has 0 N–H and O–H groups in total. The largest absolute Gasteiger partial charge is 0.350 e. The van der Waals surface area contributed by atoms with Gasteiger partial charge in [-0.05, 0) is 71.5 Å². The first-order chi connectivity index (χ1) is 15.3. The van der Waals surface area contributed by atoms with Gasteiger partial charge < -0.3 is 4.57 Å². The summed E-state index contributed by atoms with van der Waals surface area (Å²) >= 11 is 2.15. The maximum absolute atomic E-state index is 14.0. The lowest BCUT2D eigenvalue weighted by molar-refractivity contribution is 0.595. The van der Waals surface area contributed by atoms with E-state index in [2.05, 4.69) is 45.5 Å². The van der Waals surface area contributed by atoms with E-state index in [1.807, 2.05) is 26.1 Å². The van der Waals surface area contributed by atoms with Crippen LogP contribution in [0, 0.1) is 12.7 Å². The molecule has 0 saturated heterocycles. The summed E-state index contributed by atoms with van der Waals surface area (Å²) in [6.45, 7) is 1.90. The number of para-hydroxylation sites is 1. The van der Waals surface area contributed by atoms with Crippen LogP contribution in [0.15, 0.2) is 93.7 Å². The summed E-state index contributed by atoms with van der Waals surface area (Å²) in [5, 5.41) is 1.12. The number of nitrogens with zero attached hydrogens (tertiary/aromatic N) is 2. The fourth-order valence-electron chi connectivity index (χ4n) is 3.64. The monoisotopic (exact) mass is 560 g/mol. The zero-order valence-electron chi connectivity index (χ0n) is 17.7. The van der Waals surface area contributed by atoms with Crippen LogP contribution in [0.2, 0.25) is 0 Å². The van der Waals surface area contributed by atoms with Crippen molar-refractivity contribution in [2.45, 2.75) is 18.2 Å². The SMILES string of the molecule is Cc1ccc(S(=O)(=O)N(/C=C(\I)Cc2cn(C)c3ccccc23)c2cccc(F)c2)cc1. The average Bonchev–Trinajstić information content (AvgIpc) is 3.08. The third-order valence-electron chi connectivity index (χ3n) is 5.24. The molecular formula is C25H22FIN2O2S. The molecule has 0 amide bonds. The molecule has 0 aliphatic carbocycles. The van der Waals surface area contributed by atoms with Crippen LogP contribution < -0.4 is 4.31 Å². The maximum Gasteiger partial charge on any atom is 0.268 e. The van der Waals surface area contributed by atoms with Crippen molar-refractivity contribution in [1.29, 1.82) is 0 Å². The fourth-order valence-corrected chi connectivity index (χ4v) is 5.88. The molecule has 4 nitrogen and oxygen atoms in total. The summed E-state index contributed by atoms with van der Waals surface area (Å²) < 4.78 is 45.0. The number of allylic oxidation sites excluding steroid dienone is 1. The lowest BCUT2D eigenvalue weighted by Crippen LogP contribution is -2.26. The molecular weight excluding hydrogens is 538 g/mol. The van der Waals surface area contributed by atoms with Crippen molar-refractivity contribution >= 4 is 49.2 Å². The number of aryl methyl sites for hydroxylation is 2. The van der Waals surface area contributed by atoms with Crippen molar-refractivity contribution in [3.05, 3.63) is 106 Å². The lowest BCUT2D eigenvalue weighted by Gasteiger charge is -2.22. The molecule has 0 radical (unpaired) electrons. The maximum atomic E-state index is 14.0. The summed E-state index contributed by atoms with van der Waals surface area (Å²) in [7, 11) is -1.94. The normalized spacial score (nSPS) is 12.3. The van der Waals surface area contributed by atoms with E-state index in [9.17, 15) is 12.8 Å². The number of fused-ring (bicyclic) bond motifs is 1. The van der Waals surface area contributed by atoms with Crippen LogP contribution in [-0.2, 0) is 23.5 Å².